The molecule has 26 heavy (non-hydrogen) atoms. The molecule has 0 spiro atoms. The molecule has 2 aromatic rings. The largest absolute Gasteiger partial charge is 0.456 e. The smallest absolute Gasteiger partial charge is 0.230 e. The van der Waals surface area contributed by atoms with Crippen molar-refractivity contribution >= 4 is 11.6 Å². The fraction of sp³-hybridized carbons (Fsp3) is 0.348. The fourth-order valence-corrected chi connectivity index (χ4v) is 3.62. The van der Waals surface area contributed by atoms with Crippen LogP contribution in [0.1, 0.15) is 44.2 Å². The zero-order valence-electron chi connectivity index (χ0n) is 15.3. The Morgan fingerprint density at radius 3 is 2.58 bits per heavy atom. The molecule has 2 aliphatic rings. The quantitative estimate of drug-likeness (QED) is 0.738. The average molecular weight is 345 g/mol. The average Bonchev–Trinajstić information content (AvgIpc) is 3.49. The highest BCUT2D eigenvalue weighted by atomic mass is 16.5. The summed E-state index contributed by atoms with van der Waals surface area (Å²) in [7, 11) is 0. The molecule has 1 unspecified atom stereocenters. The third-order valence-corrected chi connectivity index (χ3v) is 5.14. The first-order valence-corrected chi connectivity index (χ1v) is 9.33. The third kappa shape index (κ3) is 3.08. The summed E-state index contributed by atoms with van der Waals surface area (Å²) in [5, 5.41) is 0. The molecule has 1 fully saturated rings. The van der Waals surface area contributed by atoms with Gasteiger partial charge in [-0.3, -0.25) is 4.79 Å². The highest BCUT2D eigenvalue weighted by Crippen LogP contribution is 2.43. The Labute approximate surface area is 155 Å². The lowest BCUT2D eigenvalue weighted by Crippen LogP contribution is -2.43. The molecule has 3 heteroatoms. The number of rotatable bonds is 3. The number of hydrogen-bond donors (Lipinski definition) is 0. The number of para-hydroxylation sites is 1. The van der Waals surface area contributed by atoms with Gasteiger partial charge in [0.1, 0.15) is 11.5 Å². The zero-order valence-corrected chi connectivity index (χ0v) is 15.3. The Hall–Kier alpha value is -2.73. The van der Waals surface area contributed by atoms with Crippen molar-refractivity contribution in [2.75, 3.05) is 4.90 Å². The van der Waals surface area contributed by atoms with E-state index < -0.39 is 0 Å². The number of hydrogen-bond acceptors (Lipinski definition) is 2. The topological polar surface area (TPSA) is 29.5 Å². The highest BCUT2D eigenvalue weighted by Gasteiger charge is 2.39. The monoisotopic (exact) mass is 345 g/mol. The van der Waals surface area contributed by atoms with Crippen molar-refractivity contribution in [1.82, 2.24) is 0 Å². The van der Waals surface area contributed by atoms with E-state index in [1.54, 1.807) is 0 Å². The van der Waals surface area contributed by atoms with E-state index in [0.29, 0.717) is 0 Å². The first-order chi connectivity index (χ1) is 12.7. The van der Waals surface area contributed by atoms with E-state index in [0.717, 1.165) is 54.0 Å². The summed E-state index contributed by atoms with van der Waals surface area (Å²) >= 11 is 0. The minimum absolute atomic E-state index is 0.206. The van der Waals surface area contributed by atoms with Gasteiger partial charge >= 0.3 is 0 Å². The summed E-state index contributed by atoms with van der Waals surface area (Å²) in [6, 6.07) is 14.0. The maximum absolute atomic E-state index is 12.9. The Kier molecular flexibility index (Phi) is 4.42. The number of benzene rings is 2. The summed E-state index contributed by atoms with van der Waals surface area (Å²) in [4.78, 5) is 14.9. The molecule has 1 aliphatic heterocycles. The van der Waals surface area contributed by atoms with Gasteiger partial charge in [0, 0.05) is 17.5 Å². The second-order valence-electron chi connectivity index (χ2n) is 7.10. The number of ether oxygens (including phenoxy) is 1. The molecule has 1 heterocycles. The van der Waals surface area contributed by atoms with E-state index in [9.17, 15) is 4.79 Å². The van der Waals surface area contributed by atoms with E-state index >= 15 is 0 Å². The van der Waals surface area contributed by atoms with Crippen molar-refractivity contribution in [2.24, 2.45) is 5.92 Å². The van der Waals surface area contributed by atoms with Crippen molar-refractivity contribution in [2.45, 2.75) is 45.6 Å². The van der Waals surface area contributed by atoms with Gasteiger partial charge in [0.05, 0.1) is 11.3 Å². The van der Waals surface area contributed by atoms with Gasteiger partial charge in [-0.2, -0.15) is 0 Å². The summed E-state index contributed by atoms with van der Waals surface area (Å²) in [5.74, 6) is 8.19. The van der Waals surface area contributed by atoms with Crippen LogP contribution in [0.15, 0.2) is 42.5 Å². The van der Waals surface area contributed by atoms with Gasteiger partial charge in [-0.1, -0.05) is 24.1 Å². The van der Waals surface area contributed by atoms with Gasteiger partial charge in [-0.15, -0.1) is 5.92 Å². The maximum atomic E-state index is 12.9. The normalized spacial score (nSPS) is 18.5. The van der Waals surface area contributed by atoms with Crippen LogP contribution in [0.25, 0.3) is 0 Å². The standard InChI is InChI=1S/C23H23NO2/c1-3-7-17-13-15-21-20(22(17)26-19-8-5-4-6-9-19)14-10-16(2)24(21)23(25)18-11-12-18/h4-6,8-9,13,15-16,18H,10-12,14H2,1-2H3. The van der Waals surface area contributed by atoms with Crippen LogP contribution in [-0.4, -0.2) is 11.9 Å². The first kappa shape index (κ1) is 16.7. The van der Waals surface area contributed by atoms with Crippen LogP contribution in [0.5, 0.6) is 11.5 Å². The molecule has 132 valence electrons. The van der Waals surface area contributed by atoms with Gasteiger partial charge in [0.2, 0.25) is 5.91 Å². The van der Waals surface area contributed by atoms with E-state index in [2.05, 4.69) is 18.8 Å². The number of carbonyl (C=O) groups excluding carboxylic acids is 1. The number of amides is 1. The molecular weight excluding hydrogens is 322 g/mol. The summed E-state index contributed by atoms with van der Waals surface area (Å²) in [6.45, 7) is 3.97. The van der Waals surface area contributed by atoms with Crippen LogP contribution < -0.4 is 9.64 Å². The minimum Gasteiger partial charge on any atom is -0.456 e. The first-order valence-electron chi connectivity index (χ1n) is 9.33. The molecule has 1 atom stereocenters. The Morgan fingerprint density at radius 1 is 1.12 bits per heavy atom. The minimum atomic E-state index is 0.206. The van der Waals surface area contributed by atoms with E-state index in [4.69, 9.17) is 4.74 Å². The SMILES string of the molecule is CC#Cc1ccc2c(c1Oc1ccccc1)CCC(C)N2C(=O)C1CC1. The molecule has 3 nitrogen and oxygen atoms in total. The lowest BCUT2D eigenvalue weighted by atomic mass is 9.93. The number of fused-ring (bicyclic) bond motifs is 1. The lowest BCUT2D eigenvalue weighted by Gasteiger charge is -2.36. The van der Waals surface area contributed by atoms with E-state index in [-0.39, 0.29) is 17.9 Å². The van der Waals surface area contributed by atoms with Crippen molar-refractivity contribution in [3.05, 3.63) is 53.6 Å². The predicted octanol–water partition coefficient (Wildman–Crippen LogP) is 4.93. The van der Waals surface area contributed by atoms with Gasteiger partial charge in [0.25, 0.3) is 0 Å². The Balaban J connectivity index is 1.81. The second kappa shape index (κ2) is 6.88. The van der Waals surface area contributed by atoms with Crippen molar-refractivity contribution in [3.63, 3.8) is 0 Å². The van der Waals surface area contributed by atoms with E-state index in [1.807, 2.05) is 54.3 Å². The van der Waals surface area contributed by atoms with Crippen LogP contribution in [0.4, 0.5) is 5.69 Å². The van der Waals surface area contributed by atoms with Crippen molar-refractivity contribution in [3.8, 4) is 23.3 Å². The summed E-state index contributed by atoms with van der Waals surface area (Å²) in [5.41, 5.74) is 2.97. The molecule has 1 saturated carbocycles. The van der Waals surface area contributed by atoms with Crippen LogP contribution >= 0.6 is 0 Å². The maximum Gasteiger partial charge on any atom is 0.230 e. The molecular formula is C23H23NO2. The Bertz CT molecular complexity index is 888. The summed E-state index contributed by atoms with van der Waals surface area (Å²) in [6.07, 6.45) is 3.88. The van der Waals surface area contributed by atoms with Gasteiger partial charge in [-0.25, -0.2) is 0 Å². The van der Waals surface area contributed by atoms with Gasteiger partial charge in [0.15, 0.2) is 0 Å². The molecule has 4 rings (SSSR count). The Morgan fingerprint density at radius 2 is 1.88 bits per heavy atom. The molecule has 0 aromatic heterocycles. The molecule has 1 amide bonds. The number of nitrogens with zero attached hydrogens (tertiary/aromatic N) is 1. The van der Waals surface area contributed by atoms with Crippen molar-refractivity contribution in [1.29, 1.82) is 0 Å². The van der Waals surface area contributed by atoms with Crippen LogP contribution in [0.3, 0.4) is 0 Å². The molecule has 0 saturated heterocycles. The number of anilines is 1. The second-order valence-corrected chi connectivity index (χ2v) is 7.10. The zero-order chi connectivity index (χ0) is 18.1. The number of carbonyl (C=O) groups is 1. The molecule has 0 radical (unpaired) electrons. The highest BCUT2D eigenvalue weighted by molar-refractivity contribution is 5.98. The van der Waals surface area contributed by atoms with Crippen molar-refractivity contribution < 1.29 is 9.53 Å². The molecule has 0 N–H and O–H groups in total. The van der Waals surface area contributed by atoms with Crippen LogP contribution in [-0.2, 0) is 11.2 Å². The van der Waals surface area contributed by atoms with E-state index in [1.165, 1.54) is 0 Å². The molecule has 0 bridgehead atoms. The van der Waals surface area contributed by atoms with Gasteiger partial charge < -0.3 is 9.64 Å². The molecule has 2 aromatic carbocycles. The predicted molar refractivity (Wildman–Crippen MR) is 104 cm³/mol. The third-order valence-electron chi connectivity index (χ3n) is 5.14. The molecule has 1 aliphatic carbocycles. The van der Waals surface area contributed by atoms with Gasteiger partial charge in [-0.05, 0) is 63.8 Å². The van der Waals surface area contributed by atoms with Crippen LogP contribution in [0, 0.1) is 17.8 Å². The summed E-state index contributed by atoms with van der Waals surface area (Å²) < 4.78 is 6.26. The van der Waals surface area contributed by atoms with Crippen LogP contribution in [0.2, 0.25) is 0 Å². The lowest BCUT2D eigenvalue weighted by molar-refractivity contribution is -0.120. The fourth-order valence-electron chi connectivity index (χ4n) is 3.62.